The van der Waals surface area contributed by atoms with Crippen LogP contribution in [-0.4, -0.2) is 44.2 Å². The molecular weight excluding hydrogens is 358 g/mol. The first kappa shape index (κ1) is 19.7. The molecule has 0 aromatic heterocycles. The van der Waals surface area contributed by atoms with Gasteiger partial charge in [0.2, 0.25) is 5.91 Å². The molecular formula is C21H25N3O4. The topological polar surface area (TPSA) is 79.9 Å². The van der Waals surface area contributed by atoms with Gasteiger partial charge in [-0.2, -0.15) is 0 Å². The fourth-order valence-corrected chi connectivity index (χ4v) is 2.90. The summed E-state index contributed by atoms with van der Waals surface area (Å²) < 4.78 is 11.0. The van der Waals surface area contributed by atoms with Gasteiger partial charge in [-0.3, -0.25) is 9.59 Å². The van der Waals surface area contributed by atoms with Crippen molar-refractivity contribution < 1.29 is 19.1 Å². The fraction of sp³-hybridized carbons (Fsp3) is 0.333. The normalized spacial score (nSPS) is 14.9. The number of hydrogen-bond donors (Lipinski definition) is 2. The molecule has 1 aliphatic rings. The van der Waals surface area contributed by atoms with E-state index in [0.29, 0.717) is 11.4 Å². The molecule has 7 heteroatoms. The van der Waals surface area contributed by atoms with Gasteiger partial charge in [-0.1, -0.05) is 0 Å². The van der Waals surface area contributed by atoms with E-state index in [2.05, 4.69) is 15.5 Å². The maximum atomic E-state index is 12.4. The molecule has 1 atom stereocenters. The van der Waals surface area contributed by atoms with Crippen LogP contribution in [0, 0.1) is 0 Å². The van der Waals surface area contributed by atoms with Crippen LogP contribution in [0.1, 0.15) is 13.8 Å². The van der Waals surface area contributed by atoms with Crippen molar-refractivity contribution in [3.05, 3.63) is 48.5 Å². The third-order valence-electron chi connectivity index (χ3n) is 4.37. The Balaban J connectivity index is 1.52. The van der Waals surface area contributed by atoms with Gasteiger partial charge in [-0.15, -0.1) is 0 Å². The first-order chi connectivity index (χ1) is 13.5. The van der Waals surface area contributed by atoms with Gasteiger partial charge in [0.15, 0.2) is 6.10 Å². The van der Waals surface area contributed by atoms with E-state index in [1.165, 1.54) is 6.92 Å². The molecule has 2 N–H and O–H groups in total. The molecule has 1 heterocycles. The molecule has 0 saturated carbocycles. The Labute approximate surface area is 164 Å². The summed E-state index contributed by atoms with van der Waals surface area (Å²) in [7, 11) is 0. The lowest BCUT2D eigenvalue weighted by molar-refractivity contribution is -0.122. The van der Waals surface area contributed by atoms with E-state index >= 15 is 0 Å². The third kappa shape index (κ3) is 5.47. The van der Waals surface area contributed by atoms with E-state index in [9.17, 15) is 9.59 Å². The summed E-state index contributed by atoms with van der Waals surface area (Å²) in [4.78, 5) is 25.7. The van der Waals surface area contributed by atoms with Gasteiger partial charge in [0.25, 0.3) is 5.91 Å². The molecule has 0 bridgehead atoms. The Kier molecular flexibility index (Phi) is 6.49. The van der Waals surface area contributed by atoms with Crippen LogP contribution in [0.3, 0.4) is 0 Å². The minimum Gasteiger partial charge on any atom is -0.481 e. The molecule has 0 radical (unpaired) electrons. The second-order valence-electron chi connectivity index (χ2n) is 6.60. The van der Waals surface area contributed by atoms with E-state index in [-0.39, 0.29) is 11.8 Å². The smallest absolute Gasteiger partial charge is 0.265 e. The van der Waals surface area contributed by atoms with Crippen LogP contribution < -0.4 is 20.3 Å². The average molecular weight is 383 g/mol. The zero-order chi connectivity index (χ0) is 19.9. The molecule has 1 fully saturated rings. The summed E-state index contributed by atoms with van der Waals surface area (Å²) in [6.45, 7) is 6.36. The summed E-state index contributed by atoms with van der Waals surface area (Å²) in [5.41, 5.74) is 2.51. The number of carbonyl (C=O) groups excluding carboxylic acids is 2. The summed E-state index contributed by atoms with van der Waals surface area (Å²) in [6.07, 6.45) is -0.662. The number of ether oxygens (including phenoxy) is 2. The maximum Gasteiger partial charge on any atom is 0.265 e. The number of nitrogens with one attached hydrogen (secondary N) is 2. The Bertz CT molecular complexity index is 799. The number of benzene rings is 2. The van der Waals surface area contributed by atoms with Crippen molar-refractivity contribution in [3.63, 3.8) is 0 Å². The molecule has 1 aliphatic heterocycles. The van der Waals surface area contributed by atoms with Crippen LogP contribution in [0.15, 0.2) is 48.5 Å². The van der Waals surface area contributed by atoms with Crippen LogP contribution in [0.5, 0.6) is 5.75 Å². The van der Waals surface area contributed by atoms with Crippen molar-refractivity contribution in [2.75, 3.05) is 41.8 Å². The minimum absolute atomic E-state index is 0.138. The molecule has 7 nitrogen and oxygen atoms in total. The summed E-state index contributed by atoms with van der Waals surface area (Å²) in [6, 6.07) is 14.6. The van der Waals surface area contributed by atoms with Gasteiger partial charge in [-0.25, -0.2) is 0 Å². The molecule has 2 amide bonds. The van der Waals surface area contributed by atoms with Crippen LogP contribution in [-0.2, 0) is 14.3 Å². The monoisotopic (exact) mass is 383 g/mol. The molecule has 148 valence electrons. The number of carbonyl (C=O) groups is 2. The highest BCUT2D eigenvalue weighted by Crippen LogP contribution is 2.20. The summed E-state index contributed by atoms with van der Waals surface area (Å²) in [5.74, 6) is 0.186. The molecule has 2 aromatic carbocycles. The zero-order valence-electron chi connectivity index (χ0n) is 16.1. The van der Waals surface area contributed by atoms with Crippen LogP contribution in [0.25, 0.3) is 0 Å². The van der Waals surface area contributed by atoms with E-state index in [1.807, 2.05) is 24.3 Å². The highest BCUT2D eigenvalue weighted by Gasteiger charge is 2.16. The van der Waals surface area contributed by atoms with E-state index in [0.717, 1.165) is 37.7 Å². The maximum absolute atomic E-state index is 12.4. The van der Waals surface area contributed by atoms with Crippen molar-refractivity contribution in [3.8, 4) is 5.75 Å². The van der Waals surface area contributed by atoms with Gasteiger partial charge in [-0.05, 0) is 55.5 Å². The standard InChI is InChI=1S/C21H25N3O4/c1-15(28-20-9-5-17(6-10-20)22-16(2)25)21(26)23-18-3-7-19(8-4-18)24-11-13-27-14-12-24/h3-10,15H,11-14H2,1-2H3,(H,22,25)(H,23,26)/t15-/m1/s1. The second-order valence-corrected chi connectivity index (χ2v) is 6.60. The van der Waals surface area contributed by atoms with E-state index in [1.54, 1.807) is 31.2 Å². The van der Waals surface area contributed by atoms with Gasteiger partial charge >= 0.3 is 0 Å². The highest BCUT2D eigenvalue weighted by atomic mass is 16.5. The van der Waals surface area contributed by atoms with Gasteiger partial charge in [0, 0.05) is 37.1 Å². The molecule has 2 aromatic rings. The van der Waals surface area contributed by atoms with E-state index < -0.39 is 6.10 Å². The van der Waals surface area contributed by atoms with Gasteiger partial charge in [0.05, 0.1) is 13.2 Å². The lowest BCUT2D eigenvalue weighted by Crippen LogP contribution is -2.36. The molecule has 1 saturated heterocycles. The SMILES string of the molecule is CC(=O)Nc1ccc(O[C@H](C)C(=O)Nc2ccc(N3CCOCC3)cc2)cc1. The molecule has 0 spiro atoms. The number of hydrogen-bond acceptors (Lipinski definition) is 5. The lowest BCUT2D eigenvalue weighted by atomic mass is 10.2. The zero-order valence-corrected chi connectivity index (χ0v) is 16.1. The Morgan fingerprint density at radius 1 is 0.964 bits per heavy atom. The Morgan fingerprint density at radius 2 is 1.54 bits per heavy atom. The second kappa shape index (κ2) is 9.23. The largest absolute Gasteiger partial charge is 0.481 e. The Hall–Kier alpha value is -3.06. The number of rotatable bonds is 6. The van der Waals surface area contributed by atoms with Crippen molar-refractivity contribution in [2.24, 2.45) is 0 Å². The van der Waals surface area contributed by atoms with Crippen LogP contribution in [0.2, 0.25) is 0 Å². The number of nitrogens with zero attached hydrogens (tertiary/aromatic N) is 1. The van der Waals surface area contributed by atoms with Crippen LogP contribution >= 0.6 is 0 Å². The number of amides is 2. The molecule has 3 rings (SSSR count). The van der Waals surface area contributed by atoms with Crippen molar-refractivity contribution >= 4 is 28.9 Å². The number of anilines is 3. The summed E-state index contributed by atoms with van der Waals surface area (Å²) in [5, 5.41) is 5.55. The summed E-state index contributed by atoms with van der Waals surface area (Å²) >= 11 is 0. The van der Waals surface area contributed by atoms with Crippen molar-refractivity contribution in [1.29, 1.82) is 0 Å². The van der Waals surface area contributed by atoms with Crippen molar-refractivity contribution in [1.82, 2.24) is 0 Å². The van der Waals surface area contributed by atoms with Gasteiger partial charge in [0.1, 0.15) is 5.75 Å². The fourth-order valence-electron chi connectivity index (χ4n) is 2.90. The Morgan fingerprint density at radius 3 is 2.14 bits per heavy atom. The number of morpholine rings is 1. The van der Waals surface area contributed by atoms with Gasteiger partial charge < -0.3 is 25.0 Å². The first-order valence-electron chi connectivity index (χ1n) is 9.29. The van der Waals surface area contributed by atoms with E-state index in [4.69, 9.17) is 9.47 Å². The van der Waals surface area contributed by atoms with Crippen LogP contribution in [0.4, 0.5) is 17.1 Å². The predicted octanol–water partition coefficient (Wildman–Crippen LogP) is 2.89. The average Bonchev–Trinajstić information content (AvgIpc) is 2.70. The quantitative estimate of drug-likeness (QED) is 0.802. The van der Waals surface area contributed by atoms with Crippen molar-refractivity contribution in [2.45, 2.75) is 20.0 Å². The lowest BCUT2D eigenvalue weighted by Gasteiger charge is -2.29. The minimum atomic E-state index is -0.662. The first-order valence-corrected chi connectivity index (χ1v) is 9.29. The molecule has 28 heavy (non-hydrogen) atoms. The third-order valence-corrected chi connectivity index (χ3v) is 4.37. The molecule has 0 unspecified atom stereocenters. The predicted molar refractivity (Wildman–Crippen MR) is 109 cm³/mol. The molecule has 0 aliphatic carbocycles. The highest BCUT2D eigenvalue weighted by molar-refractivity contribution is 5.94.